The summed E-state index contributed by atoms with van der Waals surface area (Å²) >= 11 is 4.90. The van der Waals surface area contributed by atoms with E-state index in [-0.39, 0.29) is 0 Å². The molecule has 0 radical (unpaired) electrons. The fourth-order valence-corrected chi connectivity index (χ4v) is 0.661. The lowest BCUT2D eigenvalue weighted by Crippen LogP contribution is -2.28. The van der Waals surface area contributed by atoms with Crippen LogP contribution in [0.1, 0.15) is 0 Å². The highest BCUT2D eigenvalue weighted by Crippen LogP contribution is 2.41. The molecule has 0 aliphatic carbocycles. The van der Waals surface area contributed by atoms with Gasteiger partial charge in [-0.15, -0.1) is 11.6 Å². The SMILES string of the molecule is FC(OCCCl)=C(C(F)(F)F)C(F)(F)F. The maximum Gasteiger partial charge on any atom is 0.427 e. The number of alkyl halides is 7. The molecular weight excluding hydrogens is 257 g/mol. The van der Waals surface area contributed by atoms with Gasteiger partial charge in [0.1, 0.15) is 6.61 Å². The zero-order valence-electron chi connectivity index (χ0n) is 6.85. The Bertz CT molecular complexity index is 225. The number of hydrogen-bond acceptors (Lipinski definition) is 1. The van der Waals surface area contributed by atoms with Gasteiger partial charge >= 0.3 is 12.4 Å². The molecule has 0 aliphatic rings. The van der Waals surface area contributed by atoms with E-state index in [1.54, 1.807) is 0 Å². The summed E-state index contributed by atoms with van der Waals surface area (Å²) in [6, 6.07) is -2.73. The Morgan fingerprint density at radius 1 is 1.00 bits per heavy atom. The summed E-state index contributed by atoms with van der Waals surface area (Å²) in [5, 5.41) is 0. The lowest BCUT2D eigenvalue weighted by Gasteiger charge is -2.15. The van der Waals surface area contributed by atoms with Gasteiger partial charge in [0, 0.05) is 0 Å². The van der Waals surface area contributed by atoms with Crippen LogP contribution in [0.5, 0.6) is 0 Å². The zero-order valence-corrected chi connectivity index (χ0v) is 7.60. The van der Waals surface area contributed by atoms with Crippen LogP contribution in [0.2, 0.25) is 0 Å². The fourth-order valence-electron chi connectivity index (χ4n) is 0.584. The van der Waals surface area contributed by atoms with E-state index in [0.29, 0.717) is 0 Å². The van der Waals surface area contributed by atoms with Gasteiger partial charge in [-0.05, 0) is 0 Å². The predicted molar refractivity (Wildman–Crippen MR) is 36.9 cm³/mol. The van der Waals surface area contributed by atoms with Gasteiger partial charge in [-0.2, -0.15) is 30.7 Å². The number of allylic oxidation sites excluding steroid dienone is 1. The van der Waals surface area contributed by atoms with E-state index in [1.165, 1.54) is 0 Å². The molecule has 0 amide bonds. The second-order valence-electron chi connectivity index (χ2n) is 2.18. The van der Waals surface area contributed by atoms with Crippen LogP contribution in [-0.4, -0.2) is 24.8 Å². The predicted octanol–water partition coefficient (Wildman–Crippen LogP) is 3.55. The van der Waals surface area contributed by atoms with Gasteiger partial charge in [0.15, 0.2) is 0 Å². The topological polar surface area (TPSA) is 9.23 Å². The number of hydrogen-bond donors (Lipinski definition) is 0. The van der Waals surface area contributed by atoms with Crippen molar-refractivity contribution >= 4 is 11.6 Å². The highest BCUT2D eigenvalue weighted by molar-refractivity contribution is 6.17. The highest BCUT2D eigenvalue weighted by atomic mass is 35.5. The summed E-state index contributed by atoms with van der Waals surface area (Å²) in [6.45, 7) is -0.789. The first kappa shape index (κ1) is 14.3. The third-order valence-corrected chi connectivity index (χ3v) is 1.22. The van der Waals surface area contributed by atoms with Crippen LogP contribution in [0.25, 0.3) is 0 Å². The van der Waals surface area contributed by atoms with Gasteiger partial charge in [-0.25, -0.2) is 0 Å². The smallest absolute Gasteiger partial charge is 0.427 e. The highest BCUT2D eigenvalue weighted by Gasteiger charge is 2.55. The monoisotopic (exact) mass is 260 g/mol. The molecule has 9 heteroatoms. The molecule has 0 rings (SSSR count). The Labute approximate surface area is 84.4 Å². The summed E-state index contributed by atoms with van der Waals surface area (Å²) in [5.74, 6) is -0.434. The average molecular weight is 261 g/mol. The maximum atomic E-state index is 12.4. The molecule has 0 saturated heterocycles. The molecule has 0 aromatic carbocycles. The van der Waals surface area contributed by atoms with Crippen LogP contribution < -0.4 is 0 Å². The molecule has 0 heterocycles. The van der Waals surface area contributed by atoms with Crippen LogP contribution in [0.4, 0.5) is 30.7 Å². The Morgan fingerprint density at radius 3 is 1.67 bits per heavy atom. The Balaban J connectivity index is 5.10. The van der Waals surface area contributed by atoms with Crippen molar-refractivity contribution in [2.45, 2.75) is 12.4 Å². The molecule has 1 nitrogen and oxygen atoms in total. The van der Waals surface area contributed by atoms with E-state index in [1.807, 2.05) is 0 Å². The van der Waals surface area contributed by atoms with E-state index in [0.717, 1.165) is 0 Å². The number of ether oxygens (including phenoxy) is 1. The van der Waals surface area contributed by atoms with Crippen molar-refractivity contribution in [1.82, 2.24) is 0 Å². The van der Waals surface area contributed by atoms with Gasteiger partial charge in [-0.3, -0.25) is 0 Å². The third kappa shape index (κ3) is 4.59. The molecule has 0 spiro atoms. The second-order valence-corrected chi connectivity index (χ2v) is 2.56. The molecule has 0 bridgehead atoms. The van der Waals surface area contributed by atoms with Crippen molar-refractivity contribution < 1.29 is 35.5 Å². The van der Waals surface area contributed by atoms with Gasteiger partial charge < -0.3 is 4.74 Å². The molecule has 90 valence electrons. The number of halogens is 8. The minimum atomic E-state index is -5.87. The van der Waals surface area contributed by atoms with Gasteiger partial charge in [-0.1, -0.05) is 0 Å². The van der Waals surface area contributed by atoms with E-state index in [9.17, 15) is 30.7 Å². The largest absolute Gasteiger partial charge is 0.469 e. The summed E-state index contributed by atoms with van der Waals surface area (Å²) in [5.41, 5.74) is -3.31. The third-order valence-electron chi connectivity index (χ3n) is 1.07. The Hall–Kier alpha value is -0.660. The van der Waals surface area contributed by atoms with Crippen molar-refractivity contribution in [3.05, 3.63) is 11.6 Å². The molecule has 15 heavy (non-hydrogen) atoms. The molecule has 0 saturated carbocycles. The van der Waals surface area contributed by atoms with Gasteiger partial charge in [0.25, 0.3) is 6.01 Å². The Morgan fingerprint density at radius 2 is 1.40 bits per heavy atom. The van der Waals surface area contributed by atoms with Crippen molar-refractivity contribution in [3.63, 3.8) is 0 Å². The quantitative estimate of drug-likeness (QED) is 0.428. The summed E-state index contributed by atoms with van der Waals surface area (Å²) in [6.07, 6.45) is -11.7. The van der Waals surface area contributed by atoms with Crippen molar-refractivity contribution in [2.75, 3.05) is 12.5 Å². The van der Waals surface area contributed by atoms with E-state index in [4.69, 9.17) is 11.6 Å². The maximum absolute atomic E-state index is 12.4. The van der Waals surface area contributed by atoms with Crippen molar-refractivity contribution in [2.24, 2.45) is 0 Å². The van der Waals surface area contributed by atoms with E-state index >= 15 is 0 Å². The first-order chi connectivity index (χ1) is 6.60. The van der Waals surface area contributed by atoms with Gasteiger partial charge in [0.2, 0.25) is 5.57 Å². The summed E-state index contributed by atoms with van der Waals surface area (Å²) in [7, 11) is 0. The second kappa shape index (κ2) is 4.91. The summed E-state index contributed by atoms with van der Waals surface area (Å²) < 4.78 is 86.5. The van der Waals surface area contributed by atoms with Gasteiger partial charge in [0.05, 0.1) is 5.88 Å². The van der Waals surface area contributed by atoms with Crippen LogP contribution in [0.3, 0.4) is 0 Å². The first-order valence-electron chi connectivity index (χ1n) is 3.33. The van der Waals surface area contributed by atoms with E-state index in [2.05, 4.69) is 4.74 Å². The molecule has 0 aromatic rings. The fraction of sp³-hybridized carbons (Fsp3) is 0.667. The van der Waals surface area contributed by atoms with E-state index < -0.39 is 36.4 Å². The normalized spacial score (nSPS) is 12.5. The molecule has 0 atom stereocenters. The van der Waals surface area contributed by atoms with Crippen LogP contribution in [0.15, 0.2) is 11.6 Å². The molecule has 0 fully saturated rings. The Kier molecular flexibility index (Phi) is 4.69. The zero-order chi connectivity index (χ0) is 12.3. The molecule has 0 N–H and O–H groups in total. The standard InChI is InChI=1S/C6H4ClF7O/c7-1-2-15-4(8)3(5(9,10)11)6(12,13)14/h1-2H2. The lowest BCUT2D eigenvalue weighted by atomic mass is 10.3. The minimum Gasteiger partial charge on any atom is -0.469 e. The first-order valence-corrected chi connectivity index (χ1v) is 3.87. The minimum absolute atomic E-state index is 0.434. The van der Waals surface area contributed by atoms with Crippen molar-refractivity contribution in [3.8, 4) is 0 Å². The lowest BCUT2D eigenvalue weighted by molar-refractivity contribution is -0.179. The number of rotatable bonds is 3. The summed E-state index contributed by atoms with van der Waals surface area (Å²) in [4.78, 5) is 0. The van der Waals surface area contributed by atoms with Crippen LogP contribution in [-0.2, 0) is 4.74 Å². The van der Waals surface area contributed by atoms with Crippen LogP contribution in [0, 0.1) is 0 Å². The van der Waals surface area contributed by atoms with Crippen LogP contribution >= 0.6 is 11.6 Å². The molecule has 0 aliphatic heterocycles. The average Bonchev–Trinajstić information content (AvgIpc) is 1.94. The molecule has 0 unspecified atom stereocenters. The van der Waals surface area contributed by atoms with Crippen molar-refractivity contribution in [1.29, 1.82) is 0 Å². The molecular formula is C6H4ClF7O. The molecule has 0 aromatic heterocycles.